The number of carbonyl (C=O) groups is 1. The molecule has 0 aromatic carbocycles. The third-order valence-electron chi connectivity index (χ3n) is 4.20. The second-order valence-corrected chi connectivity index (χ2v) is 7.20. The van der Waals surface area contributed by atoms with Crippen LogP contribution in [0, 0.1) is 0 Å². The van der Waals surface area contributed by atoms with Crippen LogP contribution in [0.4, 0.5) is 0 Å². The predicted molar refractivity (Wildman–Crippen MR) is 102 cm³/mol. The van der Waals surface area contributed by atoms with Crippen LogP contribution in [0.25, 0.3) is 0 Å². The van der Waals surface area contributed by atoms with E-state index in [1.807, 2.05) is 13.1 Å². The van der Waals surface area contributed by atoms with Crippen molar-refractivity contribution in [3.63, 3.8) is 0 Å². The lowest BCUT2D eigenvalue weighted by molar-refractivity contribution is -0.122. The number of hydrogen-bond donors (Lipinski definition) is 3. The molecule has 1 amide bonds. The molecule has 3 N–H and O–H groups in total. The van der Waals surface area contributed by atoms with Crippen molar-refractivity contribution >= 4 is 30.7 Å². The average molecular weight is 380 g/mol. The number of likely N-dealkylation sites (N-methyl/N-ethyl adjacent to an activating group) is 1. The van der Waals surface area contributed by atoms with Crippen molar-refractivity contribution in [2.24, 2.45) is 0 Å². The van der Waals surface area contributed by atoms with Gasteiger partial charge in [0.25, 0.3) is 0 Å². The van der Waals surface area contributed by atoms with Crippen molar-refractivity contribution in [3.05, 3.63) is 17.5 Å². The Labute approximate surface area is 157 Å². The lowest BCUT2D eigenvalue weighted by Gasteiger charge is -2.31. The van der Waals surface area contributed by atoms with E-state index >= 15 is 0 Å². The van der Waals surface area contributed by atoms with E-state index in [0.29, 0.717) is 19.1 Å². The highest BCUT2D eigenvalue weighted by atomic mass is 35.5. The molecular weight excluding hydrogens is 349 g/mol. The van der Waals surface area contributed by atoms with Gasteiger partial charge >= 0.3 is 0 Å². The molecule has 24 heavy (non-hydrogen) atoms. The SMILES string of the molecule is CN(CC(=O)NCc1cc(C(C)(C)C)n[nH]1)C1CCNCC1.Cl.Cl. The zero-order valence-electron chi connectivity index (χ0n) is 15.0. The van der Waals surface area contributed by atoms with Gasteiger partial charge in [0.15, 0.2) is 0 Å². The molecule has 8 heteroatoms. The first-order valence-electron chi connectivity index (χ1n) is 8.08. The van der Waals surface area contributed by atoms with Crippen molar-refractivity contribution < 1.29 is 4.79 Å². The number of nitrogens with one attached hydrogen (secondary N) is 3. The van der Waals surface area contributed by atoms with Crippen LogP contribution in [-0.2, 0) is 16.8 Å². The molecule has 0 unspecified atom stereocenters. The number of hydrogen-bond acceptors (Lipinski definition) is 4. The van der Waals surface area contributed by atoms with Crippen LogP contribution in [0.1, 0.15) is 45.0 Å². The van der Waals surface area contributed by atoms with Crippen LogP contribution in [0.5, 0.6) is 0 Å². The van der Waals surface area contributed by atoms with Crippen molar-refractivity contribution in [2.75, 3.05) is 26.7 Å². The average Bonchev–Trinajstić information content (AvgIpc) is 2.95. The van der Waals surface area contributed by atoms with Gasteiger partial charge in [-0.15, -0.1) is 24.8 Å². The minimum absolute atomic E-state index is 0. The fourth-order valence-electron chi connectivity index (χ4n) is 2.69. The molecule has 140 valence electrons. The molecule has 0 radical (unpaired) electrons. The molecule has 1 saturated heterocycles. The molecule has 0 spiro atoms. The van der Waals surface area contributed by atoms with Gasteiger partial charge in [-0.05, 0) is 39.0 Å². The Hall–Kier alpha value is -0.820. The fraction of sp³-hybridized carbons (Fsp3) is 0.750. The number of piperidine rings is 1. The number of nitrogens with zero attached hydrogens (tertiary/aromatic N) is 2. The third kappa shape index (κ3) is 6.97. The van der Waals surface area contributed by atoms with Crippen molar-refractivity contribution in [1.29, 1.82) is 0 Å². The first-order valence-corrected chi connectivity index (χ1v) is 8.08. The van der Waals surface area contributed by atoms with Crippen LogP contribution in [0.15, 0.2) is 6.07 Å². The minimum atomic E-state index is 0. The normalized spacial score (nSPS) is 15.5. The smallest absolute Gasteiger partial charge is 0.234 e. The summed E-state index contributed by atoms with van der Waals surface area (Å²) < 4.78 is 0. The summed E-state index contributed by atoms with van der Waals surface area (Å²) >= 11 is 0. The Kier molecular flexibility index (Phi) is 9.88. The number of halogens is 2. The van der Waals surface area contributed by atoms with Gasteiger partial charge in [-0.3, -0.25) is 14.8 Å². The summed E-state index contributed by atoms with van der Waals surface area (Å²) in [4.78, 5) is 14.2. The van der Waals surface area contributed by atoms with Crippen LogP contribution >= 0.6 is 24.8 Å². The lowest BCUT2D eigenvalue weighted by Crippen LogP contribution is -2.45. The van der Waals surface area contributed by atoms with E-state index in [4.69, 9.17) is 0 Å². The molecule has 1 aromatic rings. The summed E-state index contributed by atoms with van der Waals surface area (Å²) in [7, 11) is 2.03. The largest absolute Gasteiger partial charge is 0.349 e. The highest BCUT2D eigenvalue weighted by molar-refractivity contribution is 5.85. The van der Waals surface area contributed by atoms with Gasteiger partial charge in [-0.2, -0.15) is 5.10 Å². The van der Waals surface area contributed by atoms with Gasteiger partial charge in [0, 0.05) is 11.5 Å². The van der Waals surface area contributed by atoms with Gasteiger partial charge < -0.3 is 10.6 Å². The van der Waals surface area contributed by atoms with E-state index in [0.717, 1.165) is 37.3 Å². The molecule has 2 heterocycles. The fourth-order valence-corrected chi connectivity index (χ4v) is 2.69. The lowest BCUT2D eigenvalue weighted by atomic mass is 9.92. The van der Waals surface area contributed by atoms with Gasteiger partial charge in [0.05, 0.1) is 24.5 Å². The van der Waals surface area contributed by atoms with Gasteiger partial charge in [0.2, 0.25) is 5.91 Å². The van der Waals surface area contributed by atoms with Crippen molar-refractivity contribution in [1.82, 2.24) is 25.7 Å². The summed E-state index contributed by atoms with van der Waals surface area (Å²) in [5.74, 6) is 0.0629. The third-order valence-corrected chi connectivity index (χ3v) is 4.20. The zero-order chi connectivity index (χ0) is 16.2. The Morgan fingerprint density at radius 2 is 1.96 bits per heavy atom. The number of aromatic amines is 1. The van der Waals surface area contributed by atoms with Crippen molar-refractivity contribution in [2.45, 2.75) is 51.6 Å². The Morgan fingerprint density at radius 1 is 1.33 bits per heavy atom. The molecule has 0 bridgehead atoms. The molecule has 2 rings (SSSR count). The van der Waals surface area contributed by atoms with Crippen LogP contribution in [0.2, 0.25) is 0 Å². The van der Waals surface area contributed by atoms with E-state index in [1.54, 1.807) is 0 Å². The summed E-state index contributed by atoms with van der Waals surface area (Å²) in [5.41, 5.74) is 1.99. The number of amides is 1. The van der Waals surface area contributed by atoms with Gasteiger partial charge in [-0.25, -0.2) is 0 Å². The van der Waals surface area contributed by atoms with E-state index < -0.39 is 0 Å². The highest BCUT2D eigenvalue weighted by Gasteiger charge is 2.20. The maximum absolute atomic E-state index is 12.1. The molecule has 0 atom stereocenters. The van der Waals surface area contributed by atoms with E-state index in [2.05, 4.69) is 46.5 Å². The molecule has 1 aromatic heterocycles. The first-order chi connectivity index (χ1) is 10.4. The second-order valence-electron chi connectivity index (χ2n) is 7.20. The Balaban J connectivity index is 0.00000264. The maximum atomic E-state index is 12.1. The number of aromatic nitrogens is 2. The summed E-state index contributed by atoms with van der Waals surface area (Å²) in [6.45, 7) is 9.41. The maximum Gasteiger partial charge on any atom is 0.234 e. The minimum Gasteiger partial charge on any atom is -0.349 e. The number of carbonyl (C=O) groups excluding carboxylic acids is 1. The molecule has 1 fully saturated rings. The summed E-state index contributed by atoms with van der Waals surface area (Å²) in [6, 6.07) is 2.53. The van der Waals surface area contributed by atoms with E-state index in [-0.39, 0.29) is 36.1 Å². The predicted octanol–water partition coefficient (Wildman–Crippen LogP) is 1.85. The van der Waals surface area contributed by atoms with E-state index in [9.17, 15) is 4.79 Å². The van der Waals surface area contributed by atoms with E-state index in [1.165, 1.54) is 0 Å². The van der Waals surface area contributed by atoms with Crippen LogP contribution < -0.4 is 10.6 Å². The standard InChI is InChI=1S/C16H29N5O.2ClH/c1-16(2,3)14-9-12(19-20-14)10-18-15(22)11-21(4)13-5-7-17-8-6-13;;/h9,13,17H,5-8,10-11H2,1-4H3,(H,18,22)(H,19,20);2*1H. The molecule has 1 aliphatic heterocycles. The van der Waals surface area contributed by atoms with Gasteiger partial charge in [-0.1, -0.05) is 20.8 Å². The Bertz CT molecular complexity index is 495. The highest BCUT2D eigenvalue weighted by Crippen LogP contribution is 2.20. The number of H-pyrrole nitrogens is 1. The number of rotatable bonds is 5. The summed E-state index contributed by atoms with van der Waals surface area (Å²) in [5, 5.41) is 13.6. The zero-order valence-corrected chi connectivity index (χ0v) is 16.6. The second kappa shape index (κ2) is 10.2. The summed E-state index contributed by atoms with van der Waals surface area (Å²) in [6.07, 6.45) is 2.22. The molecule has 0 saturated carbocycles. The van der Waals surface area contributed by atoms with Gasteiger partial charge in [0.1, 0.15) is 0 Å². The molecule has 0 aliphatic carbocycles. The van der Waals surface area contributed by atoms with Crippen LogP contribution in [0.3, 0.4) is 0 Å². The van der Waals surface area contributed by atoms with Crippen LogP contribution in [-0.4, -0.2) is 53.7 Å². The molecular formula is C16H31Cl2N5O. The first kappa shape index (κ1) is 23.2. The van der Waals surface area contributed by atoms with Crippen molar-refractivity contribution in [3.8, 4) is 0 Å². The monoisotopic (exact) mass is 379 g/mol. The molecule has 6 nitrogen and oxygen atoms in total. The quantitative estimate of drug-likeness (QED) is 0.729. The molecule has 1 aliphatic rings. The topological polar surface area (TPSA) is 73.0 Å². The Morgan fingerprint density at radius 3 is 2.50 bits per heavy atom.